The molecule has 0 unspecified atom stereocenters. The molecular formula is C11H12N2O. The van der Waals surface area contributed by atoms with Gasteiger partial charge in [0.1, 0.15) is 0 Å². The third-order valence-corrected chi connectivity index (χ3v) is 2.33. The van der Waals surface area contributed by atoms with E-state index in [1.165, 1.54) is 0 Å². The number of hydrogen-bond donors (Lipinski definition) is 0. The fourth-order valence-corrected chi connectivity index (χ4v) is 1.52. The highest BCUT2D eigenvalue weighted by Crippen LogP contribution is 2.20. The lowest BCUT2D eigenvalue weighted by atomic mass is 10.3. The fourth-order valence-electron chi connectivity index (χ4n) is 1.52. The fraction of sp³-hybridized carbons (Fsp3) is 0.182. The largest absolute Gasteiger partial charge is 0.481 e. The van der Waals surface area contributed by atoms with Crippen molar-refractivity contribution in [3.63, 3.8) is 0 Å². The van der Waals surface area contributed by atoms with Gasteiger partial charge in [0.05, 0.1) is 18.1 Å². The summed E-state index contributed by atoms with van der Waals surface area (Å²) in [5, 5.41) is 0. The summed E-state index contributed by atoms with van der Waals surface area (Å²) < 4.78 is 7.11. The van der Waals surface area contributed by atoms with Gasteiger partial charge < -0.3 is 9.30 Å². The van der Waals surface area contributed by atoms with Gasteiger partial charge in [0, 0.05) is 18.8 Å². The lowest BCUT2D eigenvalue weighted by Crippen LogP contribution is -1.90. The maximum atomic E-state index is 5.06. The number of methoxy groups -OCH3 is 1. The van der Waals surface area contributed by atoms with Crippen LogP contribution in [-0.4, -0.2) is 16.7 Å². The van der Waals surface area contributed by atoms with E-state index < -0.39 is 0 Å². The molecule has 3 heteroatoms. The first-order valence-electron chi connectivity index (χ1n) is 4.39. The van der Waals surface area contributed by atoms with Crippen LogP contribution in [0.1, 0.15) is 5.69 Å². The molecule has 0 aliphatic heterocycles. The van der Waals surface area contributed by atoms with Gasteiger partial charge in [0.2, 0.25) is 5.88 Å². The highest BCUT2D eigenvalue weighted by molar-refractivity contribution is 5.80. The van der Waals surface area contributed by atoms with Gasteiger partial charge in [-0.2, -0.15) is 0 Å². The number of aromatic nitrogens is 2. The third-order valence-electron chi connectivity index (χ3n) is 2.33. The van der Waals surface area contributed by atoms with Crippen LogP contribution in [0.15, 0.2) is 24.8 Å². The van der Waals surface area contributed by atoms with Gasteiger partial charge >= 0.3 is 0 Å². The average molecular weight is 188 g/mol. The third kappa shape index (κ3) is 1.18. The van der Waals surface area contributed by atoms with Gasteiger partial charge in [-0.1, -0.05) is 6.58 Å². The highest BCUT2D eigenvalue weighted by atomic mass is 16.5. The van der Waals surface area contributed by atoms with E-state index in [9.17, 15) is 0 Å². The first kappa shape index (κ1) is 8.81. The van der Waals surface area contributed by atoms with Crippen molar-refractivity contribution in [3.8, 4) is 5.88 Å². The molecule has 72 valence electrons. The van der Waals surface area contributed by atoms with Crippen molar-refractivity contribution in [1.82, 2.24) is 9.55 Å². The van der Waals surface area contributed by atoms with E-state index in [0.29, 0.717) is 5.88 Å². The molecule has 0 spiro atoms. The van der Waals surface area contributed by atoms with E-state index >= 15 is 0 Å². The summed E-state index contributed by atoms with van der Waals surface area (Å²) in [6.07, 6.45) is 1.81. The Labute approximate surface area is 82.6 Å². The molecule has 0 saturated carbocycles. The van der Waals surface area contributed by atoms with Crippen LogP contribution < -0.4 is 4.74 Å². The molecule has 2 heterocycles. The minimum atomic E-state index is 0.638. The summed E-state index contributed by atoms with van der Waals surface area (Å²) in [7, 11) is 3.61. The second-order valence-corrected chi connectivity index (χ2v) is 3.09. The molecule has 0 fully saturated rings. The second kappa shape index (κ2) is 3.18. The van der Waals surface area contributed by atoms with Crippen molar-refractivity contribution in [3.05, 3.63) is 30.5 Å². The molecule has 14 heavy (non-hydrogen) atoms. The van der Waals surface area contributed by atoms with E-state index in [0.717, 1.165) is 16.7 Å². The number of pyridine rings is 1. The summed E-state index contributed by atoms with van der Waals surface area (Å²) in [5.41, 5.74) is 3.07. The summed E-state index contributed by atoms with van der Waals surface area (Å²) >= 11 is 0. The highest BCUT2D eigenvalue weighted by Gasteiger charge is 2.04. The molecule has 0 saturated heterocycles. The monoisotopic (exact) mass is 188 g/mol. The molecular weight excluding hydrogens is 176 g/mol. The summed E-state index contributed by atoms with van der Waals surface area (Å²) in [5.74, 6) is 0.638. The Morgan fingerprint density at radius 3 is 2.93 bits per heavy atom. The Morgan fingerprint density at radius 2 is 2.29 bits per heavy atom. The van der Waals surface area contributed by atoms with Crippen molar-refractivity contribution >= 4 is 17.1 Å². The van der Waals surface area contributed by atoms with E-state index in [1.54, 1.807) is 7.11 Å². The van der Waals surface area contributed by atoms with Crippen LogP contribution in [0.5, 0.6) is 5.88 Å². The zero-order chi connectivity index (χ0) is 10.1. The minimum absolute atomic E-state index is 0.638. The first-order valence-corrected chi connectivity index (χ1v) is 4.39. The Morgan fingerprint density at radius 1 is 1.50 bits per heavy atom. The van der Waals surface area contributed by atoms with Crippen LogP contribution in [0.25, 0.3) is 17.1 Å². The summed E-state index contributed by atoms with van der Waals surface area (Å²) in [6.45, 7) is 3.75. The van der Waals surface area contributed by atoms with E-state index in [1.807, 2.05) is 31.3 Å². The number of fused-ring (bicyclic) bond motifs is 1. The lowest BCUT2D eigenvalue weighted by Gasteiger charge is -2.00. The number of aryl methyl sites for hydroxylation is 1. The Hall–Kier alpha value is -1.77. The SMILES string of the molecule is C=Cc1cc2nc(OC)ccc2n1C. The minimum Gasteiger partial charge on any atom is -0.481 e. The smallest absolute Gasteiger partial charge is 0.213 e. The average Bonchev–Trinajstić information content (AvgIpc) is 2.55. The molecule has 0 aliphatic carbocycles. The van der Waals surface area contributed by atoms with Crippen LogP contribution in [0.2, 0.25) is 0 Å². The van der Waals surface area contributed by atoms with Gasteiger partial charge in [-0.15, -0.1) is 0 Å². The molecule has 3 nitrogen and oxygen atoms in total. The molecule has 0 amide bonds. The second-order valence-electron chi connectivity index (χ2n) is 3.09. The van der Waals surface area contributed by atoms with Crippen LogP contribution in [0.3, 0.4) is 0 Å². The Bertz CT molecular complexity index is 485. The molecule has 0 atom stereocenters. The van der Waals surface area contributed by atoms with Crippen molar-refractivity contribution in [2.75, 3.05) is 7.11 Å². The van der Waals surface area contributed by atoms with Crippen LogP contribution >= 0.6 is 0 Å². The predicted octanol–water partition coefficient (Wildman–Crippen LogP) is 2.22. The first-order chi connectivity index (χ1) is 6.76. The summed E-state index contributed by atoms with van der Waals surface area (Å²) in [4.78, 5) is 4.33. The molecule has 0 aromatic carbocycles. The van der Waals surface area contributed by atoms with Crippen molar-refractivity contribution in [2.45, 2.75) is 0 Å². The number of hydrogen-bond acceptors (Lipinski definition) is 2. The number of rotatable bonds is 2. The van der Waals surface area contributed by atoms with Gasteiger partial charge in [0.25, 0.3) is 0 Å². The molecule has 2 rings (SSSR count). The van der Waals surface area contributed by atoms with E-state index in [2.05, 4.69) is 16.1 Å². The van der Waals surface area contributed by atoms with Crippen LogP contribution in [0, 0.1) is 0 Å². The summed E-state index contributed by atoms with van der Waals surface area (Å²) in [6, 6.07) is 5.84. The topological polar surface area (TPSA) is 27.1 Å². The standard InChI is InChI=1S/C11H12N2O/c1-4-8-7-9-10(13(8)2)5-6-11(12-9)14-3/h4-7H,1H2,2-3H3. The zero-order valence-corrected chi connectivity index (χ0v) is 8.32. The lowest BCUT2D eigenvalue weighted by molar-refractivity contribution is 0.399. The molecule has 2 aromatic rings. The van der Waals surface area contributed by atoms with Gasteiger partial charge in [-0.05, 0) is 18.2 Å². The number of nitrogens with zero attached hydrogens (tertiary/aromatic N) is 2. The Balaban J connectivity index is 2.72. The zero-order valence-electron chi connectivity index (χ0n) is 8.32. The van der Waals surface area contributed by atoms with E-state index in [4.69, 9.17) is 4.74 Å². The normalized spacial score (nSPS) is 10.4. The quantitative estimate of drug-likeness (QED) is 0.722. The molecule has 0 radical (unpaired) electrons. The maximum absolute atomic E-state index is 5.06. The molecule has 0 bridgehead atoms. The van der Waals surface area contributed by atoms with Gasteiger partial charge in [-0.25, -0.2) is 4.98 Å². The van der Waals surface area contributed by atoms with Crippen molar-refractivity contribution in [2.24, 2.45) is 7.05 Å². The molecule has 0 N–H and O–H groups in total. The maximum Gasteiger partial charge on any atom is 0.213 e. The Kier molecular flexibility index (Phi) is 2.00. The predicted molar refractivity (Wildman–Crippen MR) is 57.4 cm³/mol. The van der Waals surface area contributed by atoms with E-state index in [-0.39, 0.29) is 0 Å². The molecule has 2 aromatic heterocycles. The van der Waals surface area contributed by atoms with Crippen LogP contribution in [0.4, 0.5) is 0 Å². The van der Waals surface area contributed by atoms with Crippen LogP contribution in [-0.2, 0) is 7.05 Å². The van der Waals surface area contributed by atoms with Crippen molar-refractivity contribution in [1.29, 1.82) is 0 Å². The van der Waals surface area contributed by atoms with Crippen molar-refractivity contribution < 1.29 is 4.74 Å². The van der Waals surface area contributed by atoms with Gasteiger partial charge in [0.15, 0.2) is 0 Å². The number of ether oxygens (including phenoxy) is 1. The van der Waals surface area contributed by atoms with Gasteiger partial charge in [-0.3, -0.25) is 0 Å². The molecule has 0 aliphatic rings.